The smallest absolute Gasteiger partial charge is 0.319 e. The van der Waals surface area contributed by atoms with Gasteiger partial charge < -0.3 is 20.9 Å². The Labute approximate surface area is 148 Å². The summed E-state index contributed by atoms with van der Waals surface area (Å²) in [6.45, 7) is 7.51. The molecule has 2 amide bonds. The maximum absolute atomic E-state index is 12.9. The minimum Gasteiger partial charge on any atom is -0.334 e. The molecule has 2 saturated heterocycles. The second-order valence-electron chi connectivity index (χ2n) is 7.06. The van der Waals surface area contributed by atoms with Crippen molar-refractivity contribution in [3.63, 3.8) is 0 Å². The van der Waals surface area contributed by atoms with Gasteiger partial charge in [0.25, 0.3) is 0 Å². The van der Waals surface area contributed by atoms with Crippen LogP contribution in [-0.4, -0.2) is 49.7 Å². The summed E-state index contributed by atoms with van der Waals surface area (Å²) in [7, 11) is 0. The molecule has 0 saturated carbocycles. The second kappa shape index (κ2) is 8.14. The number of rotatable bonds is 4. The highest BCUT2D eigenvalue weighted by atomic mass is 35.5. The third-order valence-electron chi connectivity index (χ3n) is 4.77. The van der Waals surface area contributed by atoms with Gasteiger partial charge in [0.2, 0.25) is 0 Å². The number of nitrogens with zero attached hydrogens (tertiary/aromatic N) is 1. The molecule has 2 unspecified atom stereocenters. The van der Waals surface area contributed by atoms with E-state index in [0.29, 0.717) is 11.1 Å². The molecule has 24 heavy (non-hydrogen) atoms. The third kappa shape index (κ3) is 5.06. The van der Waals surface area contributed by atoms with Crippen molar-refractivity contribution in [3.8, 4) is 0 Å². The molecule has 0 radical (unpaired) electrons. The number of carbonyl (C=O) groups excluding carboxylic acids is 1. The quantitative estimate of drug-likeness (QED) is 0.776. The zero-order valence-electron chi connectivity index (χ0n) is 14.0. The van der Waals surface area contributed by atoms with Crippen molar-refractivity contribution in [2.24, 2.45) is 5.41 Å². The predicted molar refractivity (Wildman–Crippen MR) is 96.2 cm³/mol. The zero-order chi connectivity index (χ0) is 16.3. The molecule has 0 bridgehead atoms. The van der Waals surface area contributed by atoms with Crippen molar-refractivity contribution >= 4 is 24.1 Å². The fourth-order valence-electron chi connectivity index (χ4n) is 3.52. The number of anilines is 1. The molecule has 0 aliphatic carbocycles. The number of benzene rings is 1. The van der Waals surface area contributed by atoms with Gasteiger partial charge in [-0.05, 0) is 49.1 Å². The highest BCUT2D eigenvalue weighted by Gasteiger charge is 2.33. The molecule has 0 aromatic heterocycles. The van der Waals surface area contributed by atoms with E-state index in [2.05, 4.69) is 27.8 Å². The van der Waals surface area contributed by atoms with Crippen molar-refractivity contribution < 1.29 is 9.18 Å². The first-order valence-electron chi connectivity index (χ1n) is 8.29. The Morgan fingerprint density at radius 2 is 2.17 bits per heavy atom. The van der Waals surface area contributed by atoms with Crippen LogP contribution >= 0.6 is 12.4 Å². The molecule has 5 nitrogen and oxygen atoms in total. The molecule has 3 rings (SSSR count). The van der Waals surface area contributed by atoms with Gasteiger partial charge in [0.15, 0.2) is 0 Å². The lowest BCUT2D eigenvalue weighted by atomic mass is 9.89. The Kier molecular flexibility index (Phi) is 6.43. The molecular formula is C17H26ClFN4O. The highest BCUT2D eigenvalue weighted by molar-refractivity contribution is 5.89. The van der Waals surface area contributed by atoms with E-state index in [4.69, 9.17) is 0 Å². The summed E-state index contributed by atoms with van der Waals surface area (Å²) in [6, 6.07) is 5.74. The fourth-order valence-corrected chi connectivity index (χ4v) is 3.52. The Bertz CT molecular complexity index is 548. The van der Waals surface area contributed by atoms with Gasteiger partial charge in [-0.1, -0.05) is 6.92 Å². The van der Waals surface area contributed by atoms with Gasteiger partial charge in [0, 0.05) is 37.9 Å². The topological polar surface area (TPSA) is 56.4 Å². The maximum atomic E-state index is 12.9. The minimum atomic E-state index is -0.308. The molecule has 2 fully saturated rings. The molecule has 3 N–H and O–H groups in total. The summed E-state index contributed by atoms with van der Waals surface area (Å²) in [5.41, 5.74) is 0.953. The number of urea groups is 1. The summed E-state index contributed by atoms with van der Waals surface area (Å²) >= 11 is 0. The van der Waals surface area contributed by atoms with Gasteiger partial charge in [-0.2, -0.15) is 0 Å². The van der Waals surface area contributed by atoms with E-state index in [9.17, 15) is 9.18 Å². The number of amides is 2. The average Bonchev–Trinajstić information content (AvgIpc) is 3.11. The Morgan fingerprint density at radius 1 is 1.42 bits per heavy atom. The van der Waals surface area contributed by atoms with Crippen molar-refractivity contribution in [1.29, 1.82) is 0 Å². The van der Waals surface area contributed by atoms with Crippen LogP contribution in [0.25, 0.3) is 0 Å². The first kappa shape index (κ1) is 19.0. The van der Waals surface area contributed by atoms with Crippen molar-refractivity contribution in [3.05, 3.63) is 30.1 Å². The van der Waals surface area contributed by atoms with Crippen LogP contribution in [0.3, 0.4) is 0 Å². The minimum absolute atomic E-state index is 0. The Hall–Kier alpha value is -1.37. The average molecular weight is 357 g/mol. The van der Waals surface area contributed by atoms with Crippen LogP contribution in [0, 0.1) is 11.2 Å². The van der Waals surface area contributed by atoms with Gasteiger partial charge >= 0.3 is 6.03 Å². The van der Waals surface area contributed by atoms with E-state index < -0.39 is 0 Å². The number of halogens is 2. The molecule has 7 heteroatoms. The van der Waals surface area contributed by atoms with Gasteiger partial charge in [-0.15, -0.1) is 12.4 Å². The third-order valence-corrected chi connectivity index (χ3v) is 4.77. The van der Waals surface area contributed by atoms with E-state index in [1.165, 1.54) is 18.6 Å². The van der Waals surface area contributed by atoms with E-state index >= 15 is 0 Å². The molecule has 2 heterocycles. The van der Waals surface area contributed by atoms with E-state index in [1.54, 1.807) is 12.1 Å². The van der Waals surface area contributed by atoms with Crippen LogP contribution in [0.2, 0.25) is 0 Å². The lowest BCUT2D eigenvalue weighted by molar-refractivity contribution is 0.205. The Morgan fingerprint density at radius 3 is 2.83 bits per heavy atom. The molecule has 1 aromatic carbocycles. The predicted octanol–water partition coefficient (Wildman–Crippen LogP) is 2.44. The normalized spacial score (nSPS) is 26.8. The monoisotopic (exact) mass is 356 g/mol. The number of likely N-dealkylation sites (tertiary alicyclic amines) is 1. The number of hydrogen-bond donors (Lipinski definition) is 3. The van der Waals surface area contributed by atoms with Crippen LogP contribution in [0.15, 0.2) is 24.3 Å². The fraction of sp³-hybridized carbons (Fsp3) is 0.588. The summed E-state index contributed by atoms with van der Waals surface area (Å²) in [4.78, 5) is 14.5. The molecule has 0 spiro atoms. The van der Waals surface area contributed by atoms with Crippen molar-refractivity contribution in [2.45, 2.75) is 25.8 Å². The number of hydrogen-bond acceptors (Lipinski definition) is 3. The van der Waals surface area contributed by atoms with Crippen LogP contribution in [-0.2, 0) is 0 Å². The number of carbonyl (C=O) groups is 1. The summed E-state index contributed by atoms with van der Waals surface area (Å²) in [5.74, 6) is -0.308. The lowest BCUT2D eigenvalue weighted by Gasteiger charge is -2.29. The van der Waals surface area contributed by atoms with Crippen molar-refractivity contribution in [1.82, 2.24) is 15.5 Å². The zero-order valence-corrected chi connectivity index (χ0v) is 14.8. The Balaban J connectivity index is 0.00000208. The first-order valence-corrected chi connectivity index (χ1v) is 8.29. The second-order valence-corrected chi connectivity index (χ2v) is 7.06. The van der Waals surface area contributed by atoms with E-state index in [0.717, 1.165) is 39.1 Å². The van der Waals surface area contributed by atoms with Gasteiger partial charge in [-0.3, -0.25) is 0 Å². The largest absolute Gasteiger partial charge is 0.334 e. The summed E-state index contributed by atoms with van der Waals surface area (Å²) in [5, 5.41) is 9.18. The highest BCUT2D eigenvalue weighted by Crippen LogP contribution is 2.27. The standard InChI is InChI=1S/C17H25FN4O.ClH/c1-17(7-8-19-11-17)12-22-9-6-15(10-22)21-16(23)20-14-4-2-13(18)3-5-14;/h2-5,15,19H,6-12H2,1H3,(H2,20,21,23);1H. The molecule has 1 aromatic rings. The first-order chi connectivity index (χ1) is 11.0. The van der Waals surface area contributed by atoms with E-state index in [1.807, 2.05) is 0 Å². The molecule has 134 valence electrons. The lowest BCUT2D eigenvalue weighted by Crippen LogP contribution is -2.41. The van der Waals surface area contributed by atoms with Crippen LogP contribution in [0.4, 0.5) is 14.9 Å². The summed E-state index contributed by atoms with van der Waals surface area (Å²) < 4.78 is 12.9. The van der Waals surface area contributed by atoms with Crippen LogP contribution < -0.4 is 16.0 Å². The van der Waals surface area contributed by atoms with Crippen molar-refractivity contribution in [2.75, 3.05) is 38.0 Å². The number of nitrogens with one attached hydrogen (secondary N) is 3. The van der Waals surface area contributed by atoms with Crippen LogP contribution in [0.1, 0.15) is 19.8 Å². The maximum Gasteiger partial charge on any atom is 0.319 e. The molecule has 2 atom stereocenters. The molecular weight excluding hydrogens is 331 g/mol. The van der Waals surface area contributed by atoms with Gasteiger partial charge in [0.1, 0.15) is 5.82 Å². The summed E-state index contributed by atoms with van der Waals surface area (Å²) in [6.07, 6.45) is 2.19. The van der Waals surface area contributed by atoms with Gasteiger partial charge in [-0.25, -0.2) is 9.18 Å². The molecule has 2 aliphatic rings. The van der Waals surface area contributed by atoms with Crippen LogP contribution in [0.5, 0.6) is 0 Å². The molecule has 2 aliphatic heterocycles. The SMILES string of the molecule is CC1(CN2CCC(NC(=O)Nc3ccc(F)cc3)C2)CCNC1.Cl. The van der Waals surface area contributed by atoms with E-state index in [-0.39, 0.29) is 30.3 Å². The van der Waals surface area contributed by atoms with Gasteiger partial charge in [0.05, 0.1) is 0 Å².